The Morgan fingerprint density at radius 2 is 1.70 bits per heavy atom. The molecule has 2 aromatic carbocycles. The maximum atomic E-state index is 12.6. The number of ether oxygens (including phenoxy) is 2. The molecule has 0 saturated heterocycles. The summed E-state index contributed by atoms with van der Waals surface area (Å²) in [5, 5.41) is 6.28. The lowest BCUT2D eigenvalue weighted by atomic mass is 10.1. The van der Waals surface area contributed by atoms with Crippen LogP contribution in [0.15, 0.2) is 42.5 Å². The predicted octanol–water partition coefficient (Wildman–Crippen LogP) is 4.90. The van der Waals surface area contributed by atoms with Crippen LogP contribution in [0.2, 0.25) is 0 Å². The molecule has 0 atom stereocenters. The second kappa shape index (κ2) is 11.9. The standard InChI is InChI=1S/C24H32N2O4/c1-5-29-20-10-7-18(8-11-20)15-23(27)26-22-16-19(24(28)30-6-2)9-12-21(22)25-14-13-17(3)4/h7-12,16-17,25H,5-6,13-15H2,1-4H3,(H,26,27). The summed E-state index contributed by atoms with van der Waals surface area (Å²) in [6.45, 7) is 9.68. The van der Waals surface area contributed by atoms with Crippen molar-refractivity contribution >= 4 is 23.3 Å². The Bertz CT molecular complexity index is 832. The lowest BCUT2D eigenvalue weighted by Gasteiger charge is -2.15. The van der Waals surface area contributed by atoms with Crippen molar-refractivity contribution in [3.8, 4) is 5.75 Å². The first-order chi connectivity index (χ1) is 14.4. The van der Waals surface area contributed by atoms with Gasteiger partial charge in [0.25, 0.3) is 0 Å². The maximum Gasteiger partial charge on any atom is 0.338 e. The first-order valence-corrected chi connectivity index (χ1v) is 10.5. The van der Waals surface area contributed by atoms with Gasteiger partial charge in [0.2, 0.25) is 5.91 Å². The summed E-state index contributed by atoms with van der Waals surface area (Å²) in [7, 11) is 0. The third kappa shape index (κ3) is 7.43. The van der Waals surface area contributed by atoms with Crippen molar-refractivity contribution in [2.75, 3.05) is 30.4 Å². The molecule has 0 spiro atoms. The first kappa shape index (κ1) is 23.3. The normalized spacial score (nSPS) is 10.6. The fourth-order valence-electron chi connectivity index (χ4n) is 2.89. The summed E-state index contributed by atoms with van der Waals surface area (Å²) in [6.07, 6.45) is 1.22. The summed E-state index contributed by atoms with van der Waals surface area (Å²) in [5.41, 5.74) is 2.64. The third-order valence-electron chi connectivity index (χ3n) is 4.44. The van der Waals surface area contributed by atoms with Crippen molar-refractivity contribution in [2.45, 2.75) is 40.5 Å². The fourth-order valence-corrected chi connectivity index (χ4v) is 2.89. The monoisotopic (exact) mass is 412 g/mol. The van der Waals surface area contributed by atoms with Crippen molar-refractivity contribution in [3.63, 3.8) is 0 Å². The van der Waals surface area contributed by atoms with Gasteiger partial charge < -0.3 is 20.1 Å². The van der Waals surface area contributed by atoms with E-state index >= 15 is 0 Å². The number of esters is 1. The third-order valence-corrected chi connectivity index (χ3v) is 4.44. The van der Waals surface area contributed by atoms with Gasteiger partial charge in [-0.1, -0.05) is 26.0 Å². The predicted molar refractivity (Wildman–Crippen MR) is 120 cm³/mol. The highest BCUT2D eigenvalue weighted by Crippen LogP contribution is 2.25. The fraction of sp³-hybridized carbons (Fsp3) is 0.417. The van der Waals surface area contributed by atoms with Crippen molar-refractivity contribution in [1.82, 2.24) is 0 Å². The molecule has 0 aromatic heterocycles. The number of benzene rings is 2. The first-order valence-electron chi connectivity index (χ1n) is 10.5. The van der Waals surface area contributed by atoms with E-state index in [1.165, 1.54) is 0 Å². The van der Waals surface area contributed by atoms with E-state index in [-0.39, 0.29) is 12.3 Å². The largest absolute Gasteiger partial charge is 0.494 e. The van der Waals surface area contributed by atoms with Gasteiger partial charge >= 0.3 is 5.97 Å². The zero-order valence-electron chi connectivity index (χ0n) is 18.3. The second-order valence-corrected chi connectivity index (χ2v) is 7.39. The Kier molecular flexibility index (Phi) is 9.19. The minimum atomic E-state index is -0.409. The zero-order chi connectivity index (χ0) is 21.9. The van der Waals surface area contributed by atoms with Crippen LogP contribution in [0.1, 0.15) is 50.0 Å². The number of carbonyl (C=O) groups excluding carboxylic acids is 2. The molecule has 0 heterocycles. The molecule has 0 bridgehead atoms. The van der Waals surface area contributed by atoms with E-state index in [0.29, 0.717) is 30.4 Å². The lowest BCUT2D eigenvalue weighted by Crippen LogP contribution is -2.17. The molecule has 2 aromatic rings. The van der Waals surface area contributed by atoms with Gasteiger partial charge in [0, 0.05) is 6.54 Å². The Labute approximate surface area is 179 Å². The number of rotatable bonds is 11. The lowest BCUT2D eigenvalue weighted by molar-refractivity contribution is -0.115. The van der Waals surface area contributed by atoms with Crippen molar-refractivity contribution in [2.24, 2.45) is 5.92 Å². The minimum absolute atomic E-state index is 0.160. The highest BCUT2D eigenvalue weighted by atomic mass is 16.5. The highest BCUT2D eigenvalue weighted by Gasteiger charge is 2.13. The molecule has 0 aliphatic rings. The SMILES string of the molecule is CCOC(=O)c1ccc(NCCC(C)C)c(NC(=O)Cc2ccc(OCC)cc2)c1. The number of hydrogen-bond donors (Lipinski definition) is 2. The van der Waals surface area contributed by atoms with Gasteiger partial charge in [0.05, 0.1) is 36.6 Å². The van der Waals surface area contributed by atoms with Crippen LogP contribution in [0.4, 0.5) is 11.4 Å². The topological polar surface area (TPSA) is 76.7 Å². The van der Waals surface area contributed by atoms with Crippen LogP contribution in [-0.4, -0.2) is 31.6 Å². The molecule has 0 radical (unpaired) electrons. The molecule has 0 aliphatic carbocycles. The molecule has 0 unspecified atom stereocenters. The van der Waals surface area contributed by atoms with Crippen LogP contribution in [0.25, 0.3) is 0 Å². The summed E-state index contributed by atoms with van der Waals surface area (Å²) < 4.78 is 10.5. The van der Waals surface area contributed by atoms with Gasteiger partial charge in [-0.2, -0.15) is 0 Å². The maximum absolute atomic E-state index is 12.6. The number of carbonyl (C=O) groups is 2. The van der Waals surface area contributed by atoms with E-state index in [1.807, 2.05) is 31.2 Å². The summed E-state index contributed by atoms with van der Waals surface area (Å²) in [5.74, 6) is 0.773. The Morgan fingerprint density at radius 3 is 2.33 bits per heavy atom. The van der Waals surface area contributed by atoms with Crippen LogP contribution >= 0.6 is 0 Å². The van der Waals surface area contributed by atoms with Gasteiger partial charge in [-0.25, -0.2) is 4.79 Å². The van der Waals surface area contributed by atoms with Gasteiger partial charge in [-0.15, -0.1) is 0 Å². The van der Waals surface area contributed by atoms with Crippen LogP contribution in [-0.2, 0) is 16.0 Å². The van der Waals surface area contributed by atoms with Crippen molar-refractivity contribution in [1.29, 1.82) is 0 Å². The molecule has 0 saturated carbocycles. The van der Waals surface area contributed by atoms with Crippen LogP contribution in [0.5, 0.6) is 5.75 Å². The minimum Gasteiger partial charge on any atom is -0.494 e. The highest BCUT2D eigenvalue weighted by molar-refractivity contribution is 5.98. The zero-order valence-corrected chi connectivity index (χ0v) is 18.3. The van der Waals surface area contributed by atoms with Crippen molar-refractivity contribution < 1.29 is 19.1 Å². The molecule has 30 heavy (non-hydrogen) atoms. The van der Waals surface area contributed by atoms with E-state index in [9.17, 15) is 9.59 Å². The van der Waals surface area contributed by atoms with E-state index in [0.717, 1.165) is 30.0 Å². The molecule has 2 N–H and O–H groups in total. The van der Waals surface area contributed by atoms with Crippen molar-refractivity contribution in [3.05, 3.63) is 53.6 Å². The Morgan fingerprint density at radius 1 is 0.967 bits per heavy atom. The van der Waals surface area contributed by atoms with Gasteiger partial charge in [0.1, 0.15) is 5.75 Å². The quantitative estimate of drug-likeness (QED) is 0.513. The van der Waals surface area contributed by atoms with E-state index in [4.69, 9.17) is 9.47 Å². The number of anilines is 2. The molecule has 1 amide bonds. The van der Waals surface area contributed by atoms with E-state index in [1.54, 1.807) is 25.1 Å². The summed E-state index contributed by atoms with van der Waals surface area (Å²) >= 11 is 0. The van der Waals surface area contributed by atoms with Crippen LogP contribution < -0.4 is 15.4 Å². The van der Waals surface area contributed by atoms with Gasteiger partial charge in [-0.3, -0.25) is 4.79 Å². The van der Waals surface area contributed by atoms with E-state index < -0.39 is 5.97 Å². The molecule has 2 rings (SSSR count). The van der Waals surface area contributed by atoms with Gasteiger partial charge in [0.15, 0.2) is 0 Å². The number of amides is 1. The van der Waals surface area contributed by atoms with E-state index in [2.05, 4.69) is 24.5 Å². The smallest absolute Gasteiger partial charge is 0.338 e. The summed E-state index contributed by atoms with van der Waals surface area (Å²) in [6, 6.07) is 12.6. The molecule has 0 aliphatic heterocycles. The number of hydrogen-bond acceptors (Lipinski definition) is 5. The molecule has 6 heteroatoms. The molecule has 0 fully saturated rings. The Hall–Kier alpha value is -3.02. The molecular weight excluding hydrogens is 380 g/mol. The molecular formula is C24H32N2O4. The van der Waals surface area contributed by atoms with Crippen LogP contribution in [0, 0.1) is 5.92 Å². The van der Waals surface area contributed by atoms with Gasteiger partial charge in [-0.05, 0) is 62.1 Å². The van der Waals surface area contributed by atoms with Crippen LogP contribution in [0.3, 0.4) is 0 Å². The Balaban J connectivity index is 2.13. The number of nitrogens with one attached hydrogen (secondary N) is 2. The summed E-state index contributed by atoms with van der Waals surface area (Å²) in [4.78, 5) is 24.8. The average Bonchev–Trinajstić information content (AvgIpc) is 2.70. The molecule has 162 valence electrons. The second-order valence-electron chi connectivity index (χ2n) is 7.39. The molecule has 6 nitrogen and oxygen atoms in total. The average molecular weight is 413 g/mol.